The van der Waals surface area contributed by atoms with Crippen molar-refractivity contribution in [2.45, 2.75) is 17.9 Å². The molecule has 1 atom stereocenters. The topological polar surface area (TPSA) is 87.5 Å². The Morgan fingerprint density at radius 1 is 1.06 bits per heavy atom. The van der Waals surface area contributed by atoms with Gasteiger partial charge in [-0.3, -0.25) is 4.79 Å². The molecule has 0 spiro atoms. The zero-order valence-corrected chi connectivity index (χ0v) is 19.0. The average molecular weight is 454 g/mol. The quantitative estimate of drug-likeness (QED) is 0.619. The van der Waals surface area contributed by atoms with Crippen molar-refractivity contribution in [3.8, 4) is 5.69 Å². The van der Waals surface area contributed by atoms with Gasteiger partial charge in [-0.15, -0.1) is 0 Å². The Kier molecular flexibility index (Phi) is 6.40. The molecule has 0 saturated carbocycles. The number of likely N-dealkylation sites (N-methyl/N-ethyl adjacent to an activating group) is 1. The number of piperazine rings is 1. The largest absolute Gasteiger partial charge is 0.346 e. The molecule has 1 fully saturated rings. The lowest BCUT2D eigenvalue weighted by molar-refractivity contribution is 0.0939. The normalized spacial score (nSPS) is 16.6. The predicted molar refractivity (Wildman–Crippen MR) is 122 cm³/mol. The molecule has 4 rings (SSSR count). The molecule has 1 saturated heterocycles. The first-order valence-electron chi connectivity index (χ1n) is 10.5. The van der Waals surface area contributed by atoms with E-state index in [9.17, 15) is 13.2 Å². The molecule has 0 unspecified atom stereocenters. The Bertz CT molecular complexity index is 1170. The van der Waals surface area contributed by atoms with E-state index in [0.29, 0.717) is 31.7 Å². The lowest BCUT2D eigenvalue weighted by Crippen LogP contribution is -2.47. The van der Waals surface area contributed by atoms with Crippen molar-refractivity contribution in [2.75, 3.05) is 33.2 Å². The number of amides is 1. The molecular formula is C23H27N5O3S. The summed E-state index contributed by atoms with van der Waals surface area (Å²) in [5.74, 6) is -0.313. The molecule has 0 bridgehead atoms. The molecule has 168 valence electrons. The van der Waals surface area contributed by atoms with E-state index in [1.165, 1.54) is 10.4 Å². The Labute approximate surface area is 188 Å². The number of imidazole rings is 1. The van der Waals surface area contributed by atoms with Crippen LogP contribution >= 0.6 is 0 Å². The minimum atomic E-state index is -3.63. The Morgan fingerprint density at radius 3 is 2.44 bits per heavy atom. The molecular weight excluding hydrogens is 426 g/mol. The van der Waals surface area contributed by atoms with Crippen molar-refractivity contribution in [3.05, 3.63) is 78.4 Å². The van der Waals surface area contributed by atoms with Crippen LogP contribution in [0.3, 0.4) is 0 Å². The summed E-state index contributed by atoms with van der Waals surface area (Å²) in [6, 6.07) is 13.8. The summed E-state index contributed by atoms with van der Waals surface area (Å²) < 4.78 is 29.4. The van der Waals surface area contributed by atoms with Gasteiger partial charge in [0.2, 0.25) is 10.0 Å². The standard InChI is InChI=1S/C23H27N5O3S/c1-18(19-6-8-21(9-7-19)27-11-10-24-17-27)25-23(29)20-4-3-5-22(16-20)32(30,31)28-14-12-26(2)13-15-28/h3-11,16-18H,12-15H2,1-2H3,(H,25,29)/t18-/m0/s1. The number of nitrogens with zero attached hydrogens (tertiary/aromatic N) is 4. The Hall–Kier alpha value is -3.01. The molecule has 1 aromatic heterocycles. The van der Waals surface area contributed by atoms with Crippen molar-refractivity contribution in [1.29, 1.82) is 0 Å². The van der Waals surface area contributed by atoms with E-state index in [1.807, 2.05) is 49.0 Å². The maximum Gasteiger partial charge on any atom is 0.251 e. The van der Waals surface area contributed by atoms with Crippen LogP contribution < -0.4 is 5.32 Å². The van der Waals surface area contributed by atoms with Gasteiger partial charge in [-0.05, 0) is 49.9 Å². The zero-order valence-electron chi connectivity index (χ0n) is 18.2. The molecule has 8 nitrogen and oxygen atoms in total. The first kappa shape index (κ1) is 22.2. The second-order valence-electron chi connectivity index (χ2n) is 7.99. The number of benzene rings is 2. The molecule has 1 N–H and O–H groups in total. The van der Waals surface area contributed by atoms with Crippen molar-refractivity contribution in [3.63, 3.8) is 0 Å². The van der Waals surface area contributed by atoms with Crippen molar-refractivity contribution >= 4 is 15.9 Å². The Balaban J connectivity index is 1.45. The van der Waals surface area contributed by atoms with Gasteiger partial charge in [-0.25, -0.2) is 13.4 Å². The van der Waals surface area contributed by atoms with Crippen LogP contribution in [0.5, 0.6) is 0 Å². The van der Waals surface area contributed by atoms with Crippen LogP contribution in [0.15, 0.2) is 72.1 Å². The second kappa shape index (κ2) is 9.23. The first-order chi connectivity index (χ1) is 15.3. The highest BCUT2D eigenvalue weighted by molar-refractivity contribution is 7.89. The molecule has 9 heteroatoms. The predicted octanol–water partition coefficient (Wildman–Crippen LogP) is 2.30. The summed E-state index contributed by atoms with van der Waals surface area (Å²) in [6.07, 6.45) is 5.31. The van der Waals surface area contributed by atoms with Gasteiger partial charge in [-0.2, -0.15) is 4.31 Å². The average Bonchev–Trinajstić information content (AvgIpc) is 3.34. The molecule has 1 aliphatic rings. The third-order valence-corrected chi connectivity index (χ3v) is 7.63. The monoisotopic (exact) mass is 453 g/mol. The lowest BCUT2D eigenvalue weighted by Gasteiger charge is -2.31. The Morgan fingerprint density at radius 2 is 1.78 bits per heavy atom. The minimum absolute atomic E-state index is 0.145. The number of aromatic nitrogens is 2. The van der Waals surface area contributed by atoms with Gasteiger partial charge in [0.15, 0.2) is 0 Å². The van der Waals surface area contributed by atoms with Gasteiger partial charge in [0, 0.05) is 49.8 Å². The van der Waals surface area contributed by atoms with Gasteiger partial charge in [0.25, 0.3) is 5.91 Å². The van der Waals surface area contributed by atoms with Crippen LogP contribution in [0.25, 0.3) is 5.69 Å². The van der Waals surface area contributed by atoms with Crippen LogP contribution in [0.2, 0.25) is 0 Å². The summed E-state index contributed by atoms with van der Waals surface area (Å²) in [5.41, 5.74) is 2.25. The fourth-order valence-corrected chi connectivity index (χ4v) is 5.15. The molecule has 32 heavy (non-hydrogen) atoms. The number of hydrogen-bond donors (Lipinski definition) is 1. The fourth-order valence-electron chi connectivity index (χ4n) is 3.69. The van der Waals surface area contributed by atoms with E-state index in [-0.39, 0.29) is 16.8 Å². The SMILES string of the molecule is C[C@H](NC(=O)c1cccc(S(=O)(=O)N2CCN(C)CC2)c1)c1ccc(-n2ccnc2)cc1. The van der Waals surface area contributed by atoms with E-state index in [1.54, 1.807) is 30.7 Å². The third-order valence-electron chi connectivity index (χ3n) is 5.74. The summed E-state index contributed by atoms with van der Waals surface area (Å²) in [6.45, 7) is 4.17. The van der Waals surface area contributed by atoms with Crippen LogP contribution in [-0.2, 0) is 10.0 Å². The highest BCUT2D eigenvalue weighted by atomic mass is 32.2. The number of nitrogens with one attached hydrogen (secondary N) is 1. The summed E-state index contributed by atoms with van der Waals surface area (Å²) in [4.78, 5) is 19.1. The number of carbonyl (C=O) groups is 1. The van der Waals surface area contributed by atoms with E-state index < -0.39 is 10.0 Å². The molecule has 2 aromatic carbocycles. The number of hydrogen-bond acceptors (Lipinski definition) is 5. The fraction of sp³-hybridized carbons (Fsp3) is 0.304. The molecule has 3 aromatic rings. The van der Waals surface area contributed by atoms with E-state index >= 15 is 0 Å². The lowest BCUT2D eigenvalue weighted by atomic mass is 10.1. The number of sulfonamides is 1. The van der Waals surface area contributed by atoms with Gasteiger partial charge in [0.1, 0.15) is 0 Å². The third kappa shape index (κ3) is 4.74. The summed E-state index contributed by atoms with van der Waals surface area (Å²) in [5, 5.41) is 2.96. The van der Waals surface area contributed by atoms with Crippen LogP contribution in [0.1, 0.15) is 28.9 Å². The number of carbonyl (C=O) groups excluding carboxylic acids is 1. The smallest absolute Gasteiger partial charge is 0.251 e. The molecule has 1 aliphatic heterocycles. The van der Waals surface area contributed by atoms with Crippen molar-refractivity contribution < 1.29 is 13.2 Å². The minimum Gasteiger partial charge on any atom is -0.346 e. The van der Waals surface area contributed by atoms with E-state index in [0.717, 1.165) is 11.3 Å². The molecule has 0 aliphatic carbocycles. The molecule has 1 amide bonds. The first-order valence-corrected chi connectivity index (χ1v) is 12.0. The van der Waals surface area contributed by atoms with E-state index in [2.05, 4.69) is 15.2 Å². The maximum absolute atomic E-state index is 13.0. The van der Waals surface area contributed by atoms with Crippen molar-refractivity contribution in [2.24, 2.45) is 0 Å². The van der Waals surface area contributed by atoms with Crippen LogP contribution in [-0.4, -0.2) is 66.3 Å². The zero-order chi connectivity index (χ0) is 22.7. The van der Waals surface area contributed by atoms with Crippen LogP contribution in [0, 0.1) is 0 Å². The van der Waals surface area contributed by atoms with Gasteiger partial charge >= 0.3 is 0 Å². The van der Waals surface area contributed by atoms with E-state index in [4.69, 9.17) is 0 Å². The highest BCUT2D eigenvalue weighted by Crippen LogP contribution is 2.20. The molecule has 2 heterocycles. The summed E-state index contributed by atoms with van der Waals surface area (Å²) in [7, 11) is -1.66. The van der Waals surface area contributed by atoms with Crippen LogP contribution in [0.4, 0.5) is 0 Å². The number of rotatable bonds is 6. The van der Waals surface area contributed by atoms with Gasteiger partial charge in [-0.1, -0.05) is 18.2 Å². The van der Waals surface area contributed by atoms with Gasteiger partial charge in [0.05, 0.1) is 17.3 Å². The van der Waals surface area contributed by atoms with Gasteiger partial charge < -0.3 is 14.8 Å². The highest BCUT2D eigenvalue weighted by Gasteiger charge is 2.28. The molecule has 0 radical (unpaired) electrons. The summed E-state index contributed by atoms with van der Waals surface area (Å²) >= 11 is 0. The van der Waals surface area contributed by atoms with Crippen molar-refractivity contribution in [1.82, 2.24) is 24.1 Å². The maximum atomic E-state index is 13.0. The second-order valence-corrected chi connectivity index (χ2v) is 9.93.